The molecule has 1 aromatic carbocycles. The fourth-order valence-electron chi connectivity index (χ4n) is 2.40. The molecule has 0 saturated carbocycles. The summed E-state index contributed by atoms with van der Waals surface area (Å²) >= 11 is 0. The molecule has 2 heterocycles. The molecule has 1 fully saturated rings. The Morgan fingerprint density at radius 2 is 2.14 bits per heavy atom. The molecule has 22 heavy (non-hydrogen) atoms. The highest BCUT2D eigenvalue weighted by Crippen LogP contribution is 2.21. The van der Waals surface area contributed by atoms with Crippen LogP contribution in [0.15, 0.2) is 18.3 Å². The summed E-state index contributed by atoms with van der Waals surface area (Å²) in [6.45, 7) is 2.75. The van der Waals surface area contributed by atoms with Crippen molar-refractivity contribution in [1.29, 1.82) is 0 Å². The van der Waals surface area contributed by atoms with Crippen LogP contribution < -0.4 is 4.90 Å². The second-order valence-corrected chi connectivity index (χ2v) is 4.87. The van der Waals surface area contributed by atoms with Crippen molar-refractivity contribution in [2.24, 2.45) is 0 Å². The van der Waals surface area contributed by atoms with E-state index in [2.05, 4.69) is 19.6 Å². The number of ether oxygens (including phenoxy) is 2. The summed E-state index contributed by atoms with van der Waals surface area (Å²) in [5.41, 5.74) is 1.57. The predicted molar refractivity (Wildman–Crippen MR) is 79.3 cm³/mol. The molecule has 1 aliphatic rings. The molecule has 0 aliphatic carbocycles. The van der Waals surface area contributed by atoms with Gasteiger partial charge in [-0.1, -0.05) is 0 Å². The fourth-order valence-corrected chi connectivity index (χ4v) is 2.40. The second kappa shape index (κ2) is 6.07. The number of fused-ring (bicyclic) bond motifs is 1. The molecule has 2 aromatic rings. The van der Waals surface area contributed by atoms with Gasteiger partial charge in [-0.2, -0.15) is 0 Å². The van der Waals surface area contributed by atoms with Gasteiger partial charge in [0.1, 0.15) is 11.3 Å². The van der Waals surface area contributed by atoms with Crippen LogP contribution in [0.3, 0.4) is 0 Å². The van der Waals surface area contributed by atoms with E-state index in [1.54, 1.807) is 12.3 Å². The first-order chi connectivity index (χ1) is 10.7. The number of esters is 1. The maximum atomic E-state index is 11.6. The topological polar surface area (TPSA) is 81.6 Å². The van der Waals surface area contributed by atoms with Crippen LogP contribution in [0, 0.1) is 0 Å². The van der Waals surface area contributed by atoms with E-state index < -0.39 is 5.97 Å². The summed E-state index contributed by atoms with van der Waals surface area (Å²) in [5, 5.41) is 0. The van der Waals surface area contributed by atoms with Gasteiger partial charge in [0.2, 0.25) is 0 Å². The average molecular weight is 301 g/mol. The number of aromatic nitrogens is 2. The smallest absolute Gasteiger partial charge is 0.337 e. The second-order valence-electron chi connectivity index (χ2n) is 4.87. The van der Waals surface area contributed by atoms with Gasteiger partial charge in [-0.05, 0) is 12.1 Å². The maximum Gasteiger partial charge on any atom is 0.337 e. The minimum atomic E-state index is -0.510. The van der Waals surface area contributed by atoms with E-state index in [0.717, 1.165) is 13.1 Å². The van der Waals surface area contributed by atoms with Crippen molar-refractivity contribution in [3.05, 3.63) is 29.5 Å². The molecule has 0 atom stereocenters. The van der Waals surface area contributed by atoms with Gasteiger partial charge in [0.25, 0.3) is 0 Å². The molecule has 1 saturated heterocycles. The molecule has 0 amide bonds. The SMILES string of the molecule is COC(=O)c1cc(C=O)c2nc(N3CCOCC3)cnc2c1. The van der Waals surface area contributed by atoms with Crippen LogP contribution in [-0.4, -0.2) is 55.6 Å². The highest BCUT2D eigenvalue weighted by Gasteiger charge is 2.16. The Morgan fingerprint density at radius 1 is 1.36 bits per heavy atom. The molecule has 0 spiro atoms. The van der Waals surface area contributed by atoms with Crippen molar-refractivity contribution in [3.8, 4) is 0 Å². The Balaban J connectivity index is 2.07. The Bertz CT molecular complexity index is 726. The van der Waals surface area contributed by atoms with E-state index in [4.69, 9.17) is 4.74 Å². The summed E-state index contributed by atoms with van der Waals surface area (Å²) < 4.78 is 9.99. The number of hydrogen-bond acceptors (Lipinski definition) is 7. The number of aldehydes is 1. The van der Waals surface area contributed by atoms with Gasteiger partial charge >= 0.3 is 5.97 Å². The Labute approximate surface area is 126 Å². The fraction of sp³-hybridized carbons (Fsp3) is 0.333. The van der Waals surface area contributed by atoms with Crippen LogP contribution in [-0.2, 0) is 9.47 Å². The number of hydrogen-bond donors (Lipinski definition) is 0. The highest BCUT2D eigenvalue weighted by molar-refractivity contribution is 6.01. The third kappa shape index (κ3) is 2.62. The summed E-state index contributed by atoms with van der Waals surface area (Å²) in [4.78, 5) is 33.9. The minimum absolute atomic E-state index is 0.283. The van der Waals surface area contributed by atoms with E-state index in [0.29, 0.717) is 41.9 Å². The van der Waals surface area contributed by atoms with Crippen LogP contribution in [0.1, 0.15) is 20.7 Å². The Kier molecular flexibility index (Phi) is 3.97. The number of benzene rings is 1. The third-order valence-electron chi connectivity index (χ3n) is 3.55. The first kappa shape index (κ1) is 14.4. The van der Waals surface area contributed by atoms with E-state index in [9.17, 15) is 9.59 Å². The monoisotopic (exact) mass is 301 g/mol. The molecule has 0 N–H and O–H groups in total. The largest absolute Gasteiger partial charge is 0.465 e. The molecule has 114 valence electrons. The van der Waals surface area contributed by atoms with Crippen LogP contribution >= 0.6 is 0 Å². The summed E-state index contributed by atoms with van der Waals surface area (Å²) in [6, 6.07) is 3.04. The molecular weight excluding hydrogens is 286 g/mol. The summed E-state index contributed by atoms with van der Waals surface area (Å²) in [6.07, 6.45) is 2.32. The van der Waals surface area contributed by atoms with Crippen LogP contribution in [0.4, 0.5) is 5.82 Å². The zero-order valence-corrected chi connectivity index (χ0v) is 12.1. The summed E-state index contributed by atoms with van der Waals surface area (Å²) in [7, 11) is 1.29. The quantitative estimate of drug-likeness (QED) is 0.619. The van der Waals surface area contributed by atoms with Crippen LogP contribution in [0.2, 0.25) is 0 Å². The predicted octanol–water partition coefficient (Wildman–Crippen LogP) is 1.07. The van der Waals surface area contributed by atoms with E-state index in [1.807, 2.05) is 0 Å². The number of nitrogens with zero attached hydrogens (tertiary/aromatic N) is 3. The third-order valence-corrected chi connectivity index (χ3v) is 3.55. The normalized spacial score (nSPS) is 14.9. The van der Waals surface area contributed by atoms with Crippen LogP contribution in [0.5, 0.6) is 0 Å². The Hall–Kier alpha value is -2.54. The van der Waals surface area contributed by atoms with Crippen molar-refractivity contribution in [2.45, 2.75) is 0 Å². The number of carbonyl (C=O) groups excluding carboxylic acids is 2. The highest BCUT2D eigenvalue weighted by atomic mass is 16.5. The van der Waals surface area contributed by atoms with Crippen molar-refractivity contribution in [1.82, 2.24) is 9.97 Å². The van der Waals surface area contributed by atoms with E-state index >= 15 is 0 Å². The van der Waals surface area contributed by atoms with Gasteiger partial charge in [0.15, 0.2) is 6.29 Å². The van der Waals surface area contributed by atoms with E-state index in [-0.39, 0.29) is 5.56 Å². The molecule has 7 heteroatoms. The van der Waals surface area contributed by atoms with Gasteiger partial charge in [-0.3, -0.25) is 9.78 Å². The lowest BCUT2D eigenvalue weighted by Crippen LogP contribution is -2.36. The standard InChI is InChI=1S/C15H15N3O4/c1-21-15(20)10-6-11(9-19)14-12(7-10)16-8-13(17-14)18-2-4-22-5-3-18/h6-9H,2-5H2,1H3. The van der Waals surface area contributed by atoms with Crippen molar-refractivity contribution < 1.29 is 19.1 Å². The molecular formula is C15H15N3O4. The Morgan fingerprint density at radius 3 is 2.82 bits per heavy atom. The van der Waals surface area contributed by atoms with Gasteiger partial charge in [0.05, 0.1) is 37.6 Å². The van der Waals surface area contributed by atoms with Crippen molar-refractivity contribution >= 4 is 29.1 Å². The molecule has 0 unspecified atom stereocenters. The number of anilines is 1. The zero-order valence-electron chi connectivity index (χ0n) is 12.1. The molecule has 3 rings (SSSR count). The number of carbonyl (C=O) groups is 2. The van der Waals surface area contributed by atoms with Crippen molar-refractivity contribution in [2.75, 3.05) is 38.3 Å². The van der Waals surface area contributed by atoms with Crippen molar-refractivity contribution in [3.63, 3.8) is 0 Å². The molecule has 1 aromatic heterocycles. The first-order valence-electron chi connectivity index (χ1n) is 6.90. The molecule has 7 nitrogen and oxygen atoms in total. The average Bonchev–Trinajstić information content (AvgIpc) is 2.60. The minimum Gasteiger partial charge on any atom is -0.465 e. The maximum absolute atomic E-state index is 11.6. The van der Waals surface area contributed by atoms with Gasteiger partial charge in [-0.15, -0.1) is 0 Å². The molecule has 0 bridgehead atoms. The van der Waals surface area contributed by atoms with Gasteiger partial charge in [-0.25, -0.2) is 9.78 Å². The van der Waals surface area contributed by atoms with Crippen LogP contribution in [0.25, 0.3) is 11.0 Å². The number of rotatable bonds is 3. The number of methoxy groups -OCH3 is 1. The lowest BCUT2D eigenvalue weighted by atomic mass is 10.1. The molecule has 1 aliphatic heterocycles. The summed E-state index contributed by atoms with van der Waals surface area (Å²) in [5.74, 6) is 0.189. The zero-order chi connectivity index (χ0) is 15.5. The first-order valence-corrected chi connectivity index (χ1v) is 6.90. The van der Waals surface area contributed by atoms with Gasteiger partial charge in [0, 0.05) is 18.7 Å². The number of morpholine rings is 1. The lowest BCUT2D eigenvalue weighted by molar-refractivity contribution is 0.0601. The van der Waals surface area contributed by atoms with E-state index in [1.165, 1.54) is 13.2 Å². The molecule has 0 radical (unpaired) electrons. The van der Waals surface area contributed by atoms with Gasteiger partial charge < -0.3 is 14.4 Å². The lowest BCUT2D eigenvalue weighted by Gasteiger charge is -2.27.